The zero-order chi connectivity index (χ0) is 17.3. The monoisotopic (exact) mass is 353 g/mol. The maximum atomic E-state index is 13.6. The number of halogens is 1. The summed E-state index contributed by atoms with van der Waals surface area (Å²) in [7, 11) is -3.69. The Morgan fingerprint density at radius 2 is 1.71 bits per heavy atom. The van der Waals surface area contributed by atoms with Gasteiger partial charge in [-0.2, -0.15) is 0 Å². The van der Waals surface area contributed by atoms with Gasteiger partial charge in [0, 0.05) is 17.9 Å². The third-order valence-electron chi connectivity index (χ3n) is 5.52. The molecule has 2 saturated carbocycles. The van der Waals surface area contributed by atoms with E-state index in [1.165, 1.54) is 25.3 Å². The van der Waals surface area contributed by atoms with Gasteiger partial charge in [0.2, 0.25) is 0 Å². The summed E-state index contributed by atoms with van der Waals surface area (Å²) in [5, 5.41) is 2.97. The van der Waals surface area contributed by atoms with Crippen LogP contribution in [0.4, 0.5) is 4.39 Å². The van der Waals surface area contributed by atoms with Crippen molar-refractivity contribution < 1.29 is 17.6 Å². The highest BCUT2D eigenvalue weighted by Gasteiger charge is 2.31. The summed E-state index contributed by atoms with van der Waals surface area (Å²) in [5.74, 6) is 0.535. The molecule has 6 heteroatoms. The van der Waals surface area contributed by atoms with Crippen LogP contribution in [0.5, 0.6) is 0 Å². The molecule has 1 aromatic rings. The number of carbonyl (C=O) groups excluding carboxylic acids is 1. The lowest BCUT2D eigenvalue weighted by Crippen LogP contribution is -2.39. The van der Waals surface area contributed by atoms with Gasteiger partial charge >= 0.3 is 0 Å². The van der Waals surface area contributed by atoms with Crippen LogP contribution in [0.15, 0.2) is 23.1 Å². The van der Waals surface area contributed by atoms with E-state index in [0.717, 1.165) is 55.9 Å². The molecule has 1 aromatic carbocycles. The van der Waals surface area contributed by atoms with Gasteiger partial charge in [-0.05, 0) is 55.7 Å². The number of nitrogens with one attached hydrogen (secondary N) is 1. The molecule has 1 amide bonds. The van der Waals surface area contributed by atoms with Gasteiger partial charge in [0.05, 0.1) is 0 Å². The standard InChI is InChI=1S/C18H24FNO3S/c1-24(22,23)17-11-14(7-10-16(17)19)18(21)20-15-8-5-13(6-9-15)12-3-2-4-12/h7,10-13,15H,2-6,8-9H2,1H3,(H,20,21). The van der Waals surface area contributed by atoms with Crippen LogP contribution in [0.1, 0.15) is 55.3 Å². The summed E-state index contributed by atoms with van der Waals surface area (Å²) in [6.07, 6.45) is 9.22. The first-order valence-electron chi connectivity index (χ1n) is 8.65. The lowest BCUT2D eigenvalue weighted by molar-refractivity contribution is 0.0901. The van der Waals surface area contributed by atoms with Crippen LogP contribution in [-0.2, 0) is 9.84 Å². The number of sulfone groups is 1. The maximum absolute atomic E-state index is 13.6. The number of rotatable bonds is 4. The van der Waals surface area contributed by atoms with Crippen molar-refractivity contribution in [3.05, 3.63) is 29.6 Å². The molecular weight excluding hydrogens is 329 g/mol. The normalized spacial score (nSPS) is 25.1. The van der Waals surface area contributed by atoms with Crippen LogP contribution in [0.2, 0.25) is 0 Å². The number of hydrogen-bond acceptors (Lipinski definition) is 3. The second kappa shape index (κ2) is 6.82. The highest BCUT2D eigenvalue weighted by molar-refractivity contribution is 7.90. The zero-order valence-electron chi connectivity index (χ0n) is 13.9. The molecule has 0 spiro atoms. The SMILES string of the molecule is CS(=O)(=O)c1cc(C(=O)NC2CCC(C3CCC3)CC2)ccc1F. The molecule has 132 valence electrons. The lowest BCUT2D eigenvalue weighted by Gasteiger charge is -2.38. The van der Waals surface area contributed by atoms with E-state index in [9.17, 15) is 17.6 Å². The fourth-order valence-corrected chi connectivity index (χ4v) is 4.61. The molecule has 2 aliphatic carbocycles. The average Bonchev–Trinajstić information content (AvgIpc) is 2.46. The molecular formula is C18H24FNO3S. The predicted molar refractivity (Wildman–Crippen MR) is 90.1 cm³/mol. The summed E-state index contributed by atoms with van der Waals surface area (Å²) in [5.41, 5.74) is 0.193. The number of carbonyl (C=O) groups is 1. The van der Waals surface area contributed by atoms with Crippen molar-refractivity contribution in [2.45, 2.75) is 55.9 Å². The smallest absolute Gasteiger partial charge is 0.251 e. The van der Waals surface area contributed by atoms with Crippen LogP contribution >= 0.6 is 0 Å². The van der Waals surface area contributed by atoms with Gasteiger partial charge < -0.3 is 5.32 Å². The van der Waals surface area contributed by atoms with E-state index in [0.29, 0.717) is 0 Å². The van der Waals surface area contributed by atoms with Gasteiger partial charge in [0.25, 0.3) is 5.91 Å². The van der Waals surface area contributed by atoms with Crippen LogP contribution in [0.3, 0.4) is 0 Å². The summed E-state index contributed by atoms with van der Waals surface area (Å²) in [6.45, 7) is 0. The first-order chi connectivity index (χ1) is 11.3. The average molecular weight is 353 g/mol. The quantitative estimate of drug-likeness (QED) is 0.903. The van der Waals surface area contributed by atoms with Crippen LogP contribution in [0.25, 0.3) is 0 Å². The Balaban J connectivity index is 1.61. The van der Waals surface area contributed by atoms with Crippen LogP contribution in [-0.4, -0.2) is 26.6 Å². The van der Waals surface area contributed by atoms with Crippen molar-refractivity contribution in [1.82, 2.24) is 5.32 Å². The fourth-order valence-electron chi connectivity index (χ4n) is 3.84. The molecule has 0 unspecified atom stereocenters. The van der Waals surface area contributed by atoms with Gasteiger partial charge in [0.1, 0.15) is 10.7 Å². The minimum absolute atomic E-state index is 0.126. The molecule has 3 rings (SSSR count). The molecule has 1 N–H and O–H groups in total. The zero-order valence-corrected chi connectivity index (χ0v) is 14.7. The highest BCUT2D eigenvalue weighted by Crippen LogP contribution is 2.40. The third-order valence-corrected chi connectivity index (χ3v) is 6.63. The first kappa shape index (κ1) is 17.4. The molecule has 0 radical (unpaired) electrons. The number of hydrogen-bond donors (Lipinski definition) is 1. The van der Waals surface area contributed by atoms with Crippen LogP contribution < -0.4 is 5.32 Å². The molecule has 0 saturated heterocycles. The van der Waals surface area contributed by atoms with E-state index in [-0.39, 0.29) is 17.5 Å². The number of amides is 1. The topological polar surface area (TPSA) is 63.2 Å². The molecule has 2 fully saturated rings. The van der Waals surface area contributed by atoms with E-state index in [2.05, 4.69) is 5.32 Å². The summed E-state index contributed by atoms with van der Waals surface area (Å²) < 4.78 is 36.8. The molecule has 0 aliphatic heterocycles. The lowest BCUT2D eigenvalue weighted by atomic mass is 9.69. The van der Waals surface area contributed by atoms with Crippen LogP contribution in [0, 0.1) is 17.7 Å². The molecule has 2 aliphatic rings. The van der Waals surface area contributed by atoms with E-state index in [1.54, 1.807) is 0 Å². The Bertz CT molecular complexity index is 720. The minimum Gasteiger partial charge on any atom is -0.349 e. The van der Waals surface area contributed by atoms with E-state index < -0.39 is 20.5 Å². The fraction of sp³-hybridized carbons (Fsp3) is 0.611. The van der Waals surface area contributed by atoms with Gasteiger partial charge in [-0.25, -0.2) is 12.8 Å². The van der Waals surface area contributed by atoms with E-state index >= 15 is 0 Å². The Morgan fingerprint density at radius 1 is 1.08 bits per heavy atom. The van der Waals surface area contributed by atoms with Crippen molar-refractivity contribution in [3.8, 4) is 0 Å². The van der Waals surface area contributed by atoms with Crippen molar-refractivity contribution in [2.75, 3.05) is 6.26 Å². The molecule has 0 aromatic heterocycles. The van der Waals surface area contributed by atoms with E-state index in [1.807, 2.05) is 0 Å². The van der Waals surface area contributed by atoms with Gasteiger partial charge in [0.15, 0.2) is 9.84 Å². The summed E-state index contributed by atoms with van der Waals surface area (Å²) >= 11 is 0. The molecule has 0 bridgehead atoms. The molecule has 0 heterocycles. The maximum Gasteiger partial charge on any atom is 0.251 e. The van der Waals surface area contributed by atoms with E-state index in [4.69, 9.17) is 0 Å². The Morgan fingerprint density at radius 3 is 2.25 bits per heavy atom. The molecule has 4 nitrogen and oxygen atoms in total. The number of benzene rings is 1. The van der Waals surface area contributed by atoms with Gasteiger partial charge in [-0.15, -0.1) is 0 Å². The molecule has 24 heavy (non-hydrogen) atoms. The highest BCUT2D eigenvalue weighted by atomic mass is 32.2. The van der Waals surface area contributed by atoms with Gasteiger partial charge in [-0.1, -0.05) is 19.3 Å². The van der Waals surface area contributed by atoms with Crippen molar-refractivity contribution >= 4 is 15.7 Å². The Hall–Kier alpha value is -1.43. The van der Waals surface area contributed by atoms with Crippen molar-refractivity contribution in [3.63, 3.8) is 0 Å². The Labute approximate surface area is 142 Å². The van der Waals surface area contributed by atoms with Crippen molar-refractivity contribution in [1.29, 1.82) is 0 Å². The molecule has 0 atom stereocenters. The first-order valence-corrected chi connectivity index (χ1v) is 10.5. The van der Waals surface area contributed by atoms with Crippen molar-refractivity contribution in [2.24, 2.45) is 11.8 Å². The Kier molecular flexibility index (Phi) is 4.95. The predicted octanol–water partition coefficient (Wildman–Crippen LogP) is 3.32. The summed E-state index contributed by atoms with van der Waals surface area (Å²) in [6, 6.07) is 3.62. The minimum atomic E-state index is -3.69. The summed E-state index contributed by atoms with van der Waals surface area (Å²) in [4.78, 5) is 11.9. The van der Waals surface area contributed by atoms with Gasteiger partial charge in [-0.3, -0.25) is 4.79 Å². The second-order valence-electron chi connectivity index (χ2n) is 7.19. The largest absolute Gasteiger partial charge is 0.349 e. The third kappa shape index (κ3) is 3.79. The second-order valence-corrected chi connectivity index (χ2v) is 9.18.